The molecule has 0 spiro atoms. The summed E-state index contributed by atoms with van der Waals surface area (Å²) >= 11 is 1.38. The van der Waals surface area contributed by atoms with Crippen molar-refractivity contribution in [2.75, 3.05) is 70.7 Å². The lowest BCUT2D eigenvalue weighted by Gasteiger charge is -2.36. The Morgan fingerprint density at radius 3 is 2.20 bits per heavy atom. The summed E-state index contributed by atoms with van der Waals surface area (Å²) in [6.45, 7) is 10.9. The summed E-state index contributed by atoms with van der Waals surface area (Å²) in [7, 11) is 0. The largest absolute Gasteiger partial charge is 0.379 e. The van der Waals surface area contributed by atoms with Gasteiger partial charge in [-0.1, -0.05) is 13.8 Å². The number of amides is 2. The van der Waals surface area contributed by atoms with Gasteiger partial charge < -0.3 is 19.7 Å². The fourth-order valence-electron chi connectivity index (χ4n) is 3.10. The van der Waals surface area contributed by atoms with Crippen molar-refractivity contribution in [3.63, 3.8) is 0 Å². The summed E-state index contributed by atoms with van der Waals surface area (Å²) in [6, 6.07) is 0.327. The number of nitrogens with one attached hydrogen (secondary N) is 1. The minimum Gasteiger partial charge on any atom is -0.379 e. The van der Waals surface area contributed by atoms with Crippen molar-refractivity contribution >= 4 is 23.6 Å². The van der Waals surface area contributed by atoms with E-state index in [0.29, 0.717) is 56.3 Å². The van der Waals surface area contributed by atoms with Gasteiger partial charge in [-0.15, -0.1) is 11.8 Å². The molecule has 1 atom stereocenters. The zero-order valence-electron chi connectivity index (χ0n) is 15.4. The Bertz CT molecular complexity index is 424. The van der Waals surface area contributed by atoms with E-state index in [1.807, 2.05) is 4.90 Å². The molecule has 1 unspecified atom stereocenters. The number of ether oxygens (including phenoxy) is 2. The van der Waals surface area contributed by atoms with Gasteiger partial charge in [-0.2, -0.15) is 0 Å². The first-order valence-corrected chi connectivity index (χ1v) is 10.2. The first-order chi connectivity index (χ1) is 12.1. The van der Waals surface area contributed by atoms with E-state index in [0.717, 1.165) is 26.3 Å². The van der Waals surface area contributed by atoms with E-state index in [9.17, 15) is 9.59 Å². The Balaban J connectivity index is 1.64. The normalized spacial score (nSPS) is 20.5. The van der Waals surface area contributed by atoms with Gasteiger partial charge in [0.2, 0.25) is 11.8 Å². The lowest BCUT2D eigenvalue weighted by molar-refractivity contribution is -0.132. The monoisotopic (exact) mass is 373 g/mol. The van der Waals surface area contributed by atoms with E-state index < -0.39 is 0 Å². The molecule has 2 amide bonds. The molecule has 0 aromatic heterocycles. The number of carbonyl (C=O) groups excluding carboxylic acids is 2. The summed E-state index contributed by atoms with van der Waals surface area (Å²) in [5.74, 6) is 1.23. The van der Waals surface area contributed by atoms with E-state index in [-0.39, 0.29) is 11.8 Å². The fraction of sp³-hybridized carbons (Fsp3) is 0.882. The van der Waals surface area contributed by atoms with Crippen molar-refractivity contribution in [3.8, 4) is 0 Å². The summed E-state index contributed by atoms with van der Waals surface area (Å²) in [5, 5.41) is 3.03. The van der Waals surface area contributed by atoms with Crippen molar-refractivity contribution in [1.29, 1.82) is 0 Å². The molecule has 8 heteroatoms. The summed E-state index contributed by atoms with van der Waals surface area (Å²) in [6.07, 6.45) is 0. The van der Waals surface area contributed by atoms with E-state index in [4.69, 9.17) is 9.47 Å². The summed E-state index contributed by atoms with van der Waals surface area (Å²) in [5.41, 5.74) is 0. The van der Waals surface area contributed by atoms with E-state index in [1.54, 1.807) is 0 Å². The van der Waals surface area contributed by atoms with Gasteiger partial charge >= 0.3 is 0 Å². The number of hydrogen-bond donors (Lipinski definition) is 1. The molecular weight excluding hydrogens is 342 g/mol. The van der Waals surface area contributed by atoms with Crippen LogP contribution in [-0.2, 0) is 19.1 Å². The van der Waals surface area contributed by atoms with Crippen molar-refractivity contribution in [3.05, 3.63) is 0 Å². The minimum atomic E-state index is -0.00122. The quantitative estimate of drug-likeness (QED) is 0.648. The highest BCUT2D eigenvalue weighted by atomic mass is 32.2. The lowest BCUT2D eigenvalue weighted by Crippen LogP contribution is -2.51. The van der Waals surface area contributed by atoms with E-state index in [1.165, 1.54) is 11.8 Å². The molecule has 2 saturated heterocycles. The molecule has 0 aliphatic carbocycles. The molecule has 2 aliphatic rings. The number of thioether (sulfide) groups is 1. The highest BCUT2D eigenvalue weighted by Crippen LogP contribution is 2.12. The molecule has 0 saturated carbocycles. The highest BCUT2D eigenvalue weighted by molar-refractivity contribution is 8.00. The van der Waals surface area contributed by atoms with Gasteiger partial charge in [0.25, 0.3) is 0 Å². The first-order valence-electron chi connectivity index (χ1n) is 9.09. The zero-order valence-corrected chi connectivity index (χ0v) is 16.2. The minimum absolute atomic E-state index is 0.00122. The predicted molar refractivity (Wildman–Crippen MR) is 98.8 cm³/mol. The number of morpholine rings is 2. The van der Waals surface area contributed by atoms with Crippen LogP contribution in [-0.4, -0.2) is 98.3 Å². The molecule has 0 radical (unpaired) electrons. The smallest absolute Gasteiger partial charge is 0.232 e. The van der Waals surface area contributed by atoms with Crippen LogP contribution in [0.25, 0.3) is 0 Å². The second kappa shape index (κ2) is 11.0. The summed E-state index contributed by atoms with van der Waals surface area (Å²) in [4.78, 5) is 28.3. The van der Waals surface area contributed by atoms with E-state index >= 15 is 0 Å². The molecular formula is C17H31N3O4S. The number of rotatable bonds is 8. The van der Waals surface area contributed by atoms with E-state index in [2.05, 4.69) is 24.1 Å². The third-order valence-corrected chi connectivity index (χ3v) is 5.53. The maximum absolute atomic E-state index is 12.1. The van der Waals surface area contributed by atoms with Gasteiger partial charge in [0, 0.05) is 38.8 Å². The van der Waals surface area contributed by atoms with Crippen LogP contribution >= 0.6 is 11.8 Å². The van der Waals surface area contributed by atoms with Gasteiger partial charge in [0.15, 0.2) is 0 Å². The molecule has 2 heterocycles. The maximum atomic E-state index is 12.1. The molecule has 1 N–H and O–H groups in total. The van der Waals surface area contributed by atoms with Crippen LogP contribution in [0.4, 0.5) is 0 Å². The van der Waals surface area contributed by atoms with Crippen molar-refractivity contribution in [2.45, 2.75) is 19.9 Å². The van der Waals surface area contributed by atoms with Crippen molar-refractivity contribution in [1.82, 2.24) is 15.1 Å². The molecule has 144 valence electrons. The Labute approximate surface area is 154 Å². The lowest BCUT2D eigenvalue weighted by atomic mass is 10.0. The predicted octanol–water partition coefficient (Wildman–Crippen LogP) is 0.0514. The number of hydrogen-bond acceptors (Lipinski definition) is 6. The topological polar surface area (TPSA) is 71.1 Å². The molecule has 0 aromatic rings. The third kappa shape index (κ3) is 7.13. The van der Waals surface area contributed by atoms with Gasteiger partial charge in [-0.05, 0) is 5.92 Å². The van der Waals surface area contributed by atoms with Crippen LogP contribution in [0.5, 0.6) is 0 Å². The van der Waals surface area contributed by atoms with Crippen LogP contribution in [0.2, 0.25) is 0 Å². The number of nitrogens with zero attached hydrogens (tertiary/aromatic N) is 2. The van der Waals surface area contributed by atoms with Gasteiger partial charge in [-0.3, -0.25) is 14.5 Å². The first kappa shape index (κ1) is 20.5. The Morgan fingerprint density at radius 1 is 1.00 bits per heavy atom. The molecule has 2 rings (SSSR count). The summed E-state index contributed by atoms with van der Waals surface area (Å²) < 4.78 is 10.6. The van der Waals surface area contributed by atoms with Crippen LogP contribution < -0.4 is 5.32 Å². The van der Waals surface area contributed by atoms with Crippen LogP contribution in [0.3, 0.4) is 0 Å². The molecule has 2 aliphatic heterocycles. The van der Waals surface area contributed by atoms with Crippen LogP contribution in [0.15, 0.2) is 0 Å². The second-order valence-electron chi connectivity index (χ2n) is 6.75. The maximum Gasteiger partial charge on any atom is 0.232 e. The Kier molecular flexibility index (Phi) is 9.02. The third-order valence-electron chi connectivity index (χ3n) is 4.62. The second-order valence-corrected chi connectivity index (χ2v) is 7.74. The zero-order chi connectivity index (χ0) is 18.1. The Hall–Kier alpha value is -0.830. The average Bonchev–Trinajstić information content (AvgIpc) is 2.63. The van der Waals surface area contributed by atoms with Crippen molar-refractivity contribution in [2.24, 2.45) is 5.92 Å². The molecule has 0 bridgehead atoms. The molecule has 25 heavy (non-hydrogen) atoms. The van der Waals surface area contributed by atoms with Crippen LogP contribution in [0.1, 0.15) is 13.8 Å². The molecule has 0 aromatic carbocycles. The van der Waals surface area contributed by atoms with Gasteiger partial charge in [0.1, 0.15) is 0 Å². The standard InChI is InChI=1S/C17H31N3O4S/c1-14(2)15(19-3-7-23-8-4-19)11-18-16(21)12-25-13-17(22)20-5-9-24-10-6-20/h14-15H,3-13H2,1-2H3,(H,18,21). The van der Waals surface area contributed by atoms with Crippen molar-refractivity contribution < 1.29 is 19.1 Å². The van der Waals surface area contributed by atoms with Gasteiger partial charge in [-0.25, -0.2) is 0 Å². The average molecular weight is 374 g/mol. The highest BCUT2D eigenvalue weighted by Gasteiger charge is 2.24. The van der Waals surface area contributed by atoms with Crippen LogP contribution in [0, 0.1) is 5.92 Å². The SMILES string of the molecule is CC(C)C(CNC(=O)CSCC(=O)N1CCOCC1)N1CCOCC1. The molecule has 2 fully saturated rings. The number of carbonyl (C=O) groups is 2. The Morgan fingerprint density at radius 2 is 1.60 bits per heavy atom. The van der Waals surface area contributed by atoms with Gasteiger partial charge in [0.05, 0.1) is 37.9 Å². The molecule has 7 nitrogen and oxygen atoms in total. The fourth-order valence-corrected chi connectivity index (χ4v) is 3.85.